The molecule has 0 saturated carbocycles. The first-order valence-corrected chi connectivity index (χ1v) is 13.1. The molecule has 1 aromatic carbocycles. The van der Waals surface area contributed by atoms with Crippen LogP contribution in [0.25, 0.3) is 4.72 Å². The molecular weight excluding hydrogens is 466 g/mol. The Morgan fingerprint density at radius 2 is 2.06 bits per heavy atom. The Morgan fingerprint density at radius 1 is 1.28 bits per heavy atom. The second kappa shape index (κ2) is 9.68. The van der Waals surface area contributed by atoms with Crippen molar-refractivity contribution in [3.63, 3.8) is 0 Å². The lowest BCUT2D eigenvalue weighted by atomic mass is 9.95. The normalized spacial score (nSPS) is 13.1. The van der Waals surface area contributed by atoms with Crippen molar-refractivity contribution < 1.29 is 18.2 Å². The summed E-state index contributed by atoms with van der Waals surface area (Å²) in [4.78, 5) is 19.6. The lowest BCUT2D eigenvalue weighted by molar-refractivity contribution is -0.439. The zero-order chi connectivity index (χ0) is 22.6. The van der Waals surface area contributed by atoms with E-state index in [0.29, 0.717) is 16.3 Å². The largest absolute Gasteiger partial charge is 0.433 e. The van der Waals surface area contributed by atoms with Crippen LogP contribution in [0.15, 0.2) is 51.8 Å². The first-order chi connectivity index (χ1) is 15.4. The molecule has 0 bridgehead atoms. The number of nitrogens with one attached hydrogen (secondary N) is 2. The number of nitrogens with zero attached hydrogens (tertiary/aromatic N) is 3. The molecule has 1 amide bonds. The molecule has 0 fully saturated rings. The van der Waals surface area contributed by atoms with Crippen molar-refractivity contribution in [3.05, 3.63) is 63.5 Å². The van der Waals surface area contributed by atoms with Gasteiger partial charge in [0.1, 0.15) is 11.6 Å². The molecule has 1 aliphatic rings. The predicted octanol–water partition coefficient (Wildman–Crippen LogP) is 3.83. The smallest absolute Gasteiger partial charge is 0.257 e. The van der Waals surface area contributed by atoms with Crippen LogP contribution in [-0.4, -0.2) is 25.1 Å². The van der Waals surface area contributed by atoms with E-state index in [2.05, 4.69) is 26.1 Å². The van der Waals surface area contributed by atoms with Gasteiger partial charge in [0.15, 0.2) is 5.69 Å². The molecule has 3 aromatic rings. The average molecular weight is 486 g/mol. The van der Waals surface area contributed by atoms with E-state index in [4.69, 9.17) is 0 Å². The van der Waals surface area contributed by atoms with Gasteiger partial charge in [0.05, 0.1) is 10.6 Å². The number of aromatic amines is 1. The SMILES string of the molecule is N#Cc1cc2c([nH+]c1SCC(=O)Nc1ccc(S(=O)(=O)[N-]c3nccs3)cc1)CCCC2. The number of H-pyrrole nitrogens is 1. The van der Waals surface area contributed by atoms with Crippen LogP contribution in [0.2, 0.25) is 0 Å². The van der Waals surface area contributed by atoms with Crippen LogP contribution in [0.4, 0.5) is 10.8 Å². The van der Waals surface area contributed by atoms with E-state index in [1.165, 1.54) is 47.8 Å². The zero-order valence-electron chi connectivity index (χ0n) is 16.9. The molecule has 0 unspecified atom stereocenters. The van der Waals surface area contributed by atoms with E-state index >= 15 is 0 Å². The number of nitriles is 1. The summed E-state index contributed by atoms with van der Waals surface area (Å²) in [6.07, 6.45) is 5.64. The van der Waals surface area contributed by atoms with Gasteiger partial charge in [-0.15, -0.1) is 0 Å². The van der Waals surface area contributed by atoms with Crippen LogP contribution in [-0.2, 0) is 27.7 Å². The predicted molar refractivity (Wildman–Crippen MR) is 122 cm³/mol. The molecule has 11 heteroatoms. The number of rotatable bonds is 7. The van der Waals surface area contributed by atoms with Gasteiger partial charge in [0.2, 0.25) is 15.9 Å². The number of thioether (sulfide) groups is 1. The van der Waals surface area contributed by atoms with Gasteiger partial charge in [-0.1, -0.05) is 6.20 Å². The summed E-state index contributed by atoms with van der Waals surface area (Å²) in [5, 5.41) is 14.7. The summed E-state index contributed by atoms with van der Waals surface area (Å²) in [5.74, 6) is -0.142. The van der Waals surface area contributed by atoms with E-state index in [1.54, 1.807) is 5.38 Å². The van der Waals surface area contributed by atoms with Crippen LogP contribution in [0.5, 0.6) is 0 Å². The maximum absolute atomic E-state index is 12.4. The molecule has 0 saturated heterocycles. The number of pyridine rings is 1. The average Bonchev–Trinajstić information content (AvgIpc) is 3.29. The molecule has 8 nitrogen and oxygen atoms in total. The molecule has 4 rings (SSSR count). The molecule has 0 radical (unpaired) electrons. The molecule has 2 aromatic heterocycles. The van der Waals surface area contributed by atoms with E-state index in [0.717, 1.165) is 42.7 Å². The highest BCUT2D eigenvalue weighted by Crippen LogP contribution is 2.30. The second-order valence-corrected chi connectivity index (χ2v) is 10.5. The van der Waals surface area contributed by atoms with E-state index < -0.39 is 10.0 Å². The van der Waals surface area contributed by atoms with Gasteiger partial charge in [-0.3, -0.25) is 4.79 Å². The highest BCUT2D eigenvalue weighted by molar-refractivity contribution is 7.99. The number of benzene rings is 1. The molecule has 32 heavy (non-hydrogen) atoms. The van der Waals surface area contributed by atoms with E-state index in [9.17, 15) is 18.5 Å². The third-order valence-corrected chi connectivity index (χ3v) is 7.94. The van der Waals surface area contributed by atoms with Crippen LogP contribution in [0.3, 0.4) is 0 Å². The summed E-state index contributed by atoms with van der Waals surface area (Å²) in [6.45, 7) is 0. The van der Waals surface area contributed by atoms with Crippen molar-refractivity contribution in [2.24, 2.45) is 0 Å². The number of hydrogen-bond donors (Lipinski definition) is 1. The number of hydrogen-bond acceptors (Lipinski definition) is 7. The Bertz CT molecular complexity index is 1270. The molecule has 0 atom stereocenters. The van der Waals surface area contributed by atoms with Crippen LogP contribution in [0, 0.1) is 11.3 Å². The summed E-state index contributed by atoms with van der Waals surface area (Å²) >= 11 is 2.41. The van der Waals surface area contributed by atoms with Crippen molar-refractivity contribution in [1.82, 2.24) is 4.98 Å². The number of carbonyl (C=O) groups excluding carboxylic acids is 1. The molecule has 164 valence electrons. The van der Waals surface area contributed by atoms with Gasteiger partial charge in [-0.05, 0) is 66.7 Å². The molecule has 1 aliphatic carbocycles. The van der Waals surface area contributed by atoms with Crippen LogP contribution < -0.4 is 10.3 Å². The van der Waals surface area contributed by atoms with Gasteiger partial charge in [0, 0.05) is 22.8 Å². The van der Waals surface area contributed by atoms with Crippen LogP contribution >= 0.6 is 23.1 Å². The fourth-order valence-electron chi connectivity index (χ4n) is 3.33. The third kappa shape index (κ3) is 5.27. The summed E-state index contributed by atoms with van der Waals surface area (Å²) in [7, 11) is -3.87. The van der Waals surface area contributed by atoms with Crippen molar-refractivity contribution in [2.75, 3.05) is 11.1 Å². The summed E-state index contributed by atoms with van der Waals surface area (Å²) in [5.41, 5.74) is 3.33. The topological polar surface area (TPSA) is 128 Å². The van der Waals surface area contributed by atoms with Gasteiger partial charge in [-0.25, -0.2) is 13.4 Å². The lowest BCUT2D eigenvalue weighted by Crippen LogP contribution is -2.23. The van der Waals surface area contributed by atoms with E-state index in [1.807, 2.05) is 6.07 Å². The monoisotopic (exact) mass is 485 g/mol. The van der Waals surface area contributed by atoms with Crippen molar-refractivity contribution in [2.45, 2.75) is 35.6 Å². The fraction of sp³-hybridized carbons (Fsp3) is 0.238. The maximum Gasteiger partial charge on any atom is 0.257 e. The van der Waals surface area contributed by atoms with Gasteiger partial charge >= 0.3 is 0 Å². The van der Waals surface area contributed by atoms with E-state index in [-0.39, 0.29) is 21.7 Å². The Labute approximate surface area is 194 Å². The minimum atomic E-state index is -3.87. The molecular formula is C21H19N5O3S3. The minimum Gasteiger partial charge on any atom is -0.433 e. The number of fused-ring (bicyclic) bond motifs is 1. The number of thiazole rings is 1. The van der Waals surface area contributed by atoms with Crippen molar-refractivity contribution in [3.8, 4) is 6.07 Å². The fourth-order valence-corrected chi connectivity index (χ4v) is 5.81. The standard InChI is InChI=1S/C21H19N5O3S3/c22-12-15-11-14-3-1-2-4-18(14)25-20(15)31-13-19(27)24-16-5-7-17(8-6-16)32(28,29)26-21-23-9-10-30-21/h5-11H,1-4,13H2,(H2,23,24,26,27). The Kier molecular flexibility index (Phi) is 6.74. The van der Waals surface area contributed by atoms with Crippen molar-refractivity contribution in [1.29, 1.82) is 5.26 Å². The summed E-state index contributed by atoms with van der Waals surface area (Å²) in [6, 6.07) is 9.92. The number of sulfonamides is 1. The van der Waals surface area contributed by atoms with Crippen LogP contribution in [0.1, 0.15) is 29.7 Å². The molecule has 2 N–H and O–H groups in total. The quantitative estimate of drug-likeness (QED) is 0.507. The highest BCUT2D eigenvalue weighted by Gasteiger charge is 2.22. The van der Waals surface area contributed by atoms with Gasteiger partial charge < -0.3 is 15.0 Å². The Hall–Kier alpha value is -2.94. The highest BCUT2D eigenvalue weighted by atomic mass is 32.2. The van der Waals surface area contributed by atoms with Crippen molar-refractivity contribution >= 4 is 49.8 Å². The minimum absolute atomic E-state index is 0.0161. The number of amides is 1. The third-order valence-electron chi connectivity index (χ3n) is 4.86. The summed E-state index contributed by atoms with van der Waals surface area (Å²) < 4.78 is 28.3. The number of aryl methyl sites for hydroxylation is 2. The number of carbonyl (C=O) groups is 1. The number of anilines is 1. The number of aromatic nitrogens is 2. The first-order valence-electron chi connectivity index (χ1n) is 9.83. The zero-order valence-corrected chi connectivity index (χ0v) is 19.3. The molecule has 0 spiro atoms. The second-order valence-electron chi connectivity index (χ2n) is 7.08. The maximum atomic E-state index is 12.4. The lowest BCUT2D eigenvalue weighted by Gasteiger charge is -2.12. The Balaban J connectivity index is 1.37. The Morgan fingerprint density at radius 3 is 2.78 bits per heavy atom. The van der Waals surface area contributed by atoms with Gasteiger partial charge in [-0.2, -0.15) is 16.6 Å². The first kappa shape index (κ1) is 22.3. The van der Waals surface area contributed by atoms with Gasteiger partial charge in [0.25, 0.3) is 5.03 Å². The molecule has 2 heterocycles. The molecule has 0 aliphatic heterocycles.